The van der Waals surface area contributed by atoms with Gasteiger partial charge in [0.1, 0.15) is 0 Å². The monoisotopic (exact) mass is 326 g/mol. The van der Waals surface area contributed by atoms with Gasteiger partial charge in [0.2, 0.25) is 15.9 Å². The van der Waals surface area contributed by atoms with Gasteiger partial charge in [0.15, 0.2) is 0 Å². The molecule has 0 spiro atoms. The molecule has 0 aliphatic carbocycles. The summed E-state index contributed by atoms with van der Waals surface area (Å²) in [6.45, 7) is 1.93. The van der Waals surface area contributed by atoms with Crippen LogP contribution >= 0.6 is 0 Å². The highest BCUT2D eigenvalue weighted by Gasteiger charge is 2.28. The summed E-state index contributed by atoms with van der Waals surface area (Å²) in [5.41, 5.74) is 1.58. The standard InChI is InChI=1S/C13H18N4O4S/c1-8-5-9-6-10(22(14,20)21)3-4-11(9)17(8)7-12(18)16-13(19)15-2/h3-4,6,8H,5,7H2,1-2H3,(H2,14,20,21)(H2,15,16,18,19). The summed E-state index contributed by atoms with van der Waals surface area (Å²) in [6.07, 6.45) is 0.603. The Morgan fingerprint density at radius 2 is 2.09 bits per heavy atom. The van der Waals surface area contributed by atoms with Crippen molar-refractivity contribution in [2.24, 2.45) is 5.14 Å². The molecule has 1 aromatic carbocycles. The first-order chi connectivity index (χ1) is 10.2. The molecule has 2 rings (SSSR count). The average molecular weight is 326 g/mol. The van der Waals surface area contributed by atoms with Crippen LogP contribution in [0.5, 0.6) is 0 Å². The summed E-state index contributed by atoms with van der Waals surface area (Å²) in [4.78, 5) is 24.8. The van der Waals surface area contributed by atoms with Crippen LogP contribution < -0.4 is 20.7 Å². The summed E-state index contributed by atoms with van der Waals surface area (Å²) in [6, 6.07) is 4.02. The third-order valence-electron chi connectivity index (χ3n) is 3.53. The van der Waals surface area contributed by atoms with Crippen molar-refractivity contribution in [3.8, 4) is 0 Å². The number of carbonyl (C=O) groups excluding carboxylic acids is 2. The van der Waals surface area contributed by atoms with Crippen molar-refractivity contribution in [3.05, 3.63) is 23.8 Å². The van der Waals surface area contributed by atoms with Crippen LogP contribution in [0.15, 0.2) is 23.1 Å². The van der Waals surface area contributed by atoms with Gasteiger partial charge < -0.3 is 10.2 Å². The van der Waals surface area contributed by atoms with Crippen LogP contribution in [0, 0.1) is 0 Å². The number of urea groups is 1. The Morgan fingerprint density at radius 1 is 1.41 bits per heavy atom. The minimum Gasteiger partial charge on any atom is -0.359 e. The number of nitrogens with one attached hydrogen (secondary N) is 2. The van der Waals surface area contributed by atoms with E-state index in [1.165, 1.54) is 19.2 Å². The van der Waals surface area contributed by atoms with Crippen molar-refractivity contribution in [3.63, 3.8) is 0 Å². The van der Waals surface area contributed by atoms with Crippen molar-refractivity contribution >= 4 is 27.6 Å². The predicted molar refractivity (Wildman–Crippen MR) is 80.9 cm³/mol. The third-order valence-corrected chi connectivity index (χ3v) is 4.44. The minimum atomic E-state index is -3.75. The molecule has 9 heteroatoms. The first-order valence-corrected chi connectivity index (χ1v) is 8.21. The Balaban J connectivity index is 2.20. The lowest BCUT2D eigenvalue weighted by Crippen LogP contribution is -2.45. The van der Waals surface area contributed by atoms with Gasteiger partial charge >= 0.3 is 6.03 Å². The lowest BCUT2D eigenvalue weighted by molar-refractivity contribution is -0.118. The Hall–Kier alpha value is -2.13. The van der Waals surface area contributed by atoms with E-state index in [0.717, 1.165) is 11.3 Å². The molecule has 1 heterocycles. The molecule has 1 unspecified atom stereocenters. The van der Waals surface area contributed by atoms with Crippen LogP contribution in [-0.4, -0.2) is 40.0 Å². The second-order valence-electron chi connectivity index (χ2n) is 5.14. The van der Waals surface area contributed by atoms with E-state index in [1.807, 2.05) is 11.8 Å². The van der Waals surface area contributed by atoms with Crippen molar-refractivity contribution < 1.29 is 18.0 Å². The summed E-state index contributed by atoms with van der Waals surface area (Å²) in [5.74, 6) is -0.436. The molecule has 1 aliphatic rings. The van der Waals surface area contributed by atoms with Gasteiger partial charge in [0.25, 0.3) is 0 Å². The summed E-state index contributed by atoms with van der Waals surface area (Å²) in [7, 11) is -2.33. The molecule has 0 bridgehead atoms. The maximum Gasteiger partial charge on any atom is 0.321 e. The number of nitrogens with zero attached hydrogens (tertiary/aromatic N) is 1. The maximum atomic E-state index is 11.8. The molecule has 0 saturated heterocycles. The van der Waals surface area contributed by atoms with E-state index in [9.17, 15) is 18.0 Å². The molecule has 0 radical (unpaired) electrons. The van der Waals surface area contributed by atoms with Crippen LogP contribution in [0.4, 0.5) is 10.5 Å². The lowest BCUT2D eigenvalue weighted by atomic mass is 10.1. The molecule has 22 heavy (non-hydrogen) atoms. The van der Waals surface area contributed by atoms with Crippen molar-refractivity contribution in [2.75, 3.05) is 18.5 Å². The predicted octanol–water partition coefficient (Wildman–Crippen LogP) is -0.459. The molecular weight excluding hydrogens is 308 g/mol. The number of nitrogens with two attached hydrogens (primary N) is 1. The number of hydrogen-bond donors (Lipinski definition) is 3. The largest absolute Gasteiger partial charge is 0.359 e. The third kappa shape index (κ3) is 3.37. The van der Waals surface area contributed by atoms with Gasteiger partial charge in [-0.2, -0.15) is 0 Å². The molecule has 1 atom stereocenters. The number of rotatable bonds is 3. The van der Waals surface area contributed by atoms with Gasteiger partial charge in [-0.05, 0) is 37.1 Å². The second kappa shape index (κ2) is 5.93. The number of sulfonamides is 1. The normalized spacial score (nSPS) is 17.0. The number of anilines is 1. The molecule has 0 saturated carbocycles. The first-order valence-electron chi connectivity index (χ1n) is 6.66. The average Bonchev–Trinajstić information content (AvgIpc) is 2.73. The number of fused-ring (bicyclic) bond motifs is 1. The van der Waals surface area contributed by atoms with Gasteiger partial charge in [-0.25, -0.2) is 18.4 Å². The maximum absolute atomic E-state index is 11.8. The van der Waals surface area contributed by atoms with Crippen LogP contribution in [0.25, 0.3) is 0 Å². The Kier molecular flexibility index (Phi) is 4.38. The Bertz CT molecular complexity index is 717. The van der Waals surface area contributed by atoms with Crippen molar-refractivity contribution in [1.29, 1.82) is 0 Å². The van der Waals surface area contributed by atoms with E-state index in [4.69, 9.17) is 5.14 Å². The van der Waals surface area contributed by atoms with E-state index >= 15 is 0 Å². The molecule has 3 amide bonds. The lowest BCUT2D eigenvalue weighted by Gasteiger charge is -2.24. The van der Waals surface area contributed by atoms with E-state index < -0.39 is 22.0 Å². The smallest absolute Gasteiger partial charge is 0.321 e. The fourth-order valence-corrected chi connectivity index (χ4v) is 3.04. The second-order valence-corrected chi connectivity index (χ2v) is 6.71. The number of primary sulfonamides is 1. The topological polar surface area (TPSA) is 122 Å². The summed E-state index contributed by atoms with van der Waals surface area (Å²) >= 11 is 0. The zero-order valence-electron chi connectivity index (χ0n) is 12.3. The molecule has 0 aromatic heterocycles. The minimum absolute atomic E-state index is 0.0102. The molecule has 4 N–H and O–H groups in total. The van der Waals surface area contributed by atoms with Gasteiger partial charge in [-0.1, -0.05) is 0 Å². The molecule has 120 valence electrons. The van der Waals surface area contributed by atoms with Gasteiger partial charge in [0, 0.05) is 18.8 Å². The molecular formula is C13H18N4O4S. The number of imide groups is 1. The number of benzene rings is 1. The molecule has 1 aromatic rings. The van der Waals surface area contributed by atoms with Gasteiger partial charge in [-0.15, -0.1) is 0 Å². The van der Waals surface area contributed by atoms with Crippen LogP contribution in [0.1, 0.15) is 12.5 Å². The number of carbonyl (C=O) groups is 2. The molecule has 1 aliphatic heterocycles. The Labute approximate surface area is 128 Å². The summed E-state index contributed by atoms with van der Waals surface area (Å²) in [5, 5.41) is 9.62. The van der Waals surface area contributed by atoms with Crippen molar-refractivity contribution in [2.45, 2.75) is 24.3 Å². The van der Waals surface area contributed by atoms with Crippen LogP contribution in [-0.2, 0) is 21.2 Å². The highest BCUT2D eigenvalue weighted by Crippen LogP contribution is 2.33. The van der Waals surface area contributed by atoms with E-state index in [2.05, 4.69) is 10.6 Å². The quantitative estimate of drug-likeness (QED) is 0.694. The van der Waals surface area contributed by atoms with Gasteiger partial charge in [-0.3, -0.25) is 10.1 Å². The molecule has 0 fully saturated rings. The highest BCUT2D eigenvalue weighted by molar-refractivity contribution is 7.89. The Morgan fingerprint density at radius 3 is 2.68 bits per heavy atom. The fourth-order valence-electron chi connectivity index (χ4n) is 2.47. The number of amides is 3. The van der Waals surface area contributed by atoms with Gasteiger partial charge in [0.05, 0.1) is 11.4 Å². The van der Waals surface area contributed by atoms with E-state index in [0.29, 0.717) is 6.42 Å². The first kappa shape index (κ1) is 16.2. The summed E-state index contributed by atoms with van der Waals surface area (Å²) < 4.78 is 22.8. The fraction of sp³-hybridized carbons (Fsp3) is 0.385. The number of hydrogen-bond acceptors (Lipinski definition) is 5. The van der Waals surface area contributed by atoms with Crippen LogP contribution in [0.3, 0.4) is 0 Å². The van der Waals surface area contributed by atoms with E-state index in [1.54, 1.807) is 6.07 Å². The van der Waals surface area contributed by atoms with Crippen molar-refractivity contribution in [1.82, 2.24) is 10.6 Å². The van der Waals surface area contributed by atoms with Crippen LogP contribution in [0.2, 0.25) is 0 Å². The zero-order valence-corrected chi connectivity index (χ0v) is 13.1. The zero-order chi connectivity index (χ0) is 16.5. The SMILES string of the molecule is CNC(=O)NC(=O)CN1c2ccc(S(N)(=O)=O)cc2CC1C. The highest BCUT2D eigenvalue weighted by atomic mass is 32.2. The van der Waals surface area contributed by atoms with E-state index in [-0.39, 0.29) is 17.5 Å². The molecule has 8 nitrogen and oxygen atoms in total.